The van der Waals surface area contributed by atoms with E-state index in [9.17, 15) is 0 Å². The number of rotatable bonds is 4. The molecule has 1 atom stereocenters. The van der Waals surface area contributed by atoms with E-state index in [-0.39, 0.29) is 0 Å². The van der Waals surface area contributed by atoms with E-state index in [0.29, 0.717) is 6.04 Å². The van der Waals surface area contributed by atoms with Crippen LogP contribution in [0.1, 0.15) is 22.7 Å². The van der Waals surface area contributed by atoms with Crippen LogP contribution in [0.25, 0.3) is 10.1 Å². The van der Waals surface area contributed by atoms with Crippen molar-refractivity contribution in [1.29, 1.82) is 0 Å². The fourth-order valence-corrected chi connectivity index (χ4v) is 4.27. The van der Waals surface area contributed by atoms with Crippen LogP contribution < -0.4 is 5.32 Å². The minimum absolute atomic E-state index is 0.362. The molecule has 19 heavy (non-hydrogen) atoms. The Bertz CT molecular complexity index is 673. The number of hydrogen-bond acceptors (Lipinski definition) is 3. The maximum atomic E-state index is 6.44. The van der Waals surface area contributed by atoms with Crippen LogP contribution in [0.2, 0.25) is 5.02 Å². The van der Waals surface area contributed by atoms with Crippen molar-refractivity contribution in [2.24, 2.45) is 0 Å². The van der Waals surface area contributed by atoms with Crippen molar-refractivity contribution in [2.75, 3.05) is 0 Å². The molecule has 0 fully saturated rings. The first-order valence-electron chi connectivity index (χ1n) is 6.18. The molecule has 1 aromatic carbocycles. The first kappa shape index (κ1) is 13.1. The Balaban J connectivity index is 1.77. The smallest absolute Gasteiger partial charge is 0.0636 e. The summed E-state index contributed by atoms with van der Waals surface area (Å²) in [5.41, 5.74) is 0. The van der Waals surface area contributed by atoms with Crippen molar-refractivity contribution in [3.63, 3.8) is 0 Å². The van der Waals surface area contributed by atoms with Crippen LogP contribution in [0.15, 0.2) is 41.8 Å². The van der Waals surface area contributed by atoms with Crippen molar-refractivity contribution in [1.82, 2.24) is 5.32 Å². The highest BCUT2D eigenvalue weighted by atomic mass is 35.5. The van der Waals surface area contributed by atoms with Gasteiger partial charge in [-0.25, -0.2) is 0 Å². The molecule has 0 radical (unpaired) electrons. The Labute approximate surface area is 125 Å². The summed E-state index contributed by atoms with van der Waals surface area (Å²) < 4.78 is 1.26. The van der Waals surface area contributed by atoms with Gasteiger partial charge in [0.25, 0.3) is 0 Å². The van der Waals surface area contributed by atoms with E-state index < -0.39 is 0 Å². The molecular formula is C15H14ClNS2. The first-order valence-corrected chi connectivity index (χ1v) is 8.26. The Morgan fingerprint density at radius 3 is 2.79 bits per heavy atom. The van der Waals surface area contributed by atoms with Gasteiger partial charge >= 0.3 is 0 Å². The summed E-state index contributed by atoms with van der Waals surface area (Å²) in [6.07, 6.45) is 0. The summed E-state index contributed by atoms with van der Waals surface area (Å²) in [5, 5.41) is 7.71. The molecule has 3 aromatic rings. The van der Waals surface area contributed by atoms with Gasteiger partial charge in [-0.05, 0) is 24.4 Å². The second-order valence-electron chi connectivity index (χ2n) is 4.45. The van der Waals surface area contributed by atoms with Crippen LogP contribution in [0.5, 0.6) is 0 Å². The summed E-state index contributed by atoms with van der Waals surface area (Å²) in [6, 6.07) is 12.9. The van der Waals surface area contributed by atoms with Gasteiger partial charge in [0, 0.05) is 32.4 Å². The summed E-state index contributed by atoms with van der Waals surface area (Å²) in [6.45, 7) is 3.00. The topological polar surface area (TPSA) is 12.0 Å². The molecule has 0 aliphatic heterocycles. The zero-order valence-corrected chi connectivity index (χ0v) is 12.9. The summed E-state index contributed by atoms with van der Waals surface area (Å²) in [4.78, 5) is 2.57. The maximum absolute atomic E-state index is 6.44. The Morgan fingerprint density at radius 2 is 2.05 bits per heavy atom. The molecule has 4 heteroatoms. The molecule has 0 saturated heterocycles. The van der Waals surface area contributed by atoms with Crippen LogP contribution in [0.3, 0.4) is 0 Å². The van der Waals surface area contributed by atoms with Gasteiger partial charge in [0.1, 0.15) is 0 Å². The van der Waals surface area contributed by atoms with Gasteiger partial charge in [-0.15, -0.1) is 22.7 Å². The predicted molar refractivity (Wildman–Crippen MR) is 86.4 cm³/mol. The third-order valence-corrected chi connectivity index (χ3v) is 5.91. The molecule has 0 bridgehead atoms. The van der Waals surface area contributed by atoms with Crippen molar-refractivity contribution in [3.8, 4) is 0 Å². The summed E-state index contributed by atoms with van der Waals surface area (Å²) in [7, 11) is 0. The third kappa shape index (κ3) is 2.70. The normalized spacial score (nSPS) is 12.9. The van der Waals surface area contributed by atoms with E-state index in [4.69, 9.17) is 11.6 Å². The second kappa shape index (κ2) is 5.63. The lowest BCUT2D eigenvalue weighted by atomic mass is 10.2. The SMILES string of the molecule is C[C@@H](NCc1sc2ccccc2c1Cl)c1cccs1. The lowest BCUT2D eigenvalue weighted by Gasteiger charge is -2.11. The largest absolute Gasteiger partial charge is 0.304 e. The first-order chi connectivity index (χ1) is 9.25. The predicted octanol–water partition coefficient (Wildman–Crippen LogP) is 5.47. The Hall–Kier alpha value is -0.870. The molecule has 0 saturated carbocycles. The molecule has 0 aliphatic carbocycles. The summed E-state index contributed by atoms with van der Waals surface area (Å²) in [5.74, 6) is 0. The fourth-order valence-electron chi connectivity index (χ4n) is 2.06. The average molecular weight is 308 g/mol. The number of nitrogens with one attached hydrogen (secondary N) is 1. The van der Waals surface area contributed by atoms with Gasteiger partial charge in [0.05, 0.1) is 5.02 Å². The molecule has 98 valence electrons. The van der Waals surface area contributed by atoms with Crippen LogP contribution in [0.4, 0.5) is 0 Å². The van der Waals surface area contributed by atoms with Gasteiger partial charge in [0.15, 0.2) is 0 Å². The van der Waals surface area contributed by atoms with Crippen LogP contribution in [-0.4, -0.2) is 0 Å². The van der Waals surface area contributed by atoms with E-state index in [2.05, 4.69) is 48.0 Å². The fraction of sp³-hybridized carbons (Fsp3) is 0.200. The standard InChI is InChI=1S/C15H14ClNS2/c1-10(12-7-4-8-18-12)17-9-14-15(16)11-5-2-3-6-13(11)19-14/h2-8,10,17H,9H2,1H3/t10-/m1/s1. The van der Waals surface area contributed by atoms with E-state index in [0.717, 1.165) is 17.0 Å². The van der Waals surface area contributed by atoms with E-state index in [1.54, 1.807) is 22.7 Å². The van der Waals surface area contributed by atoms with Crippen LogP contribution in [0, 0.1) is 0 Å². The molecule has 1 nitrogen and oxygen atoms in total. The molecule has 0 unspecified atom stereocenters. The highest BCUT2D eigenvalue weighted by Crippen LogP contribution is 2.35. The molecule has 2 heterocycles. The molecule has 1 N–H and O–H groups in total. The van der Waals surface area contributed by atoms with Crippen molar-refractivity contribution >= 4 is 44.4 Å². The van der Waals surface area contributed by atoms with Crippen molar-refractivity contribution in [3.05, 3.63) is 56.6 Å². The van der Waals surface area contributed by atoms with Crippen molar-refractivity contribution in [2.45, 2.75) is 19.5 Å². The lowest BCUT2D eigenvalue weighted by molar-refractivity contribution is 0.587. The number of hydrogen-bond donors (Lipinski definition) is 1. The molecule has 0 aliphatic rings. The van der Waals surface area contributed by atoms with Crippen LogP contribution in [-0.2, 0) is 6.54 Å². The lowest BCUT2D eigenvalue weighted by Crippen LogP contribution is -2.16. The van der Waals surface area contributed by atoms with Gasteiger partial charge in [-0.1, -0.05) is 35.9 Å². The zero-order chi connectivity index (χ0) is 13.2. The monoisotopic (exact) mass is 307 g/mol. The molecular weight excluding hydrogens is 294 g/mol. The van der Waals surface area contributed by atoms with Gasteiger partial charge < -0.3 is 5.32 Å². The zero-order valence-electron chi connectivity index (χ0n) is 10.5. The van der Waals surface area contributed by atoms with Gasteiger partial charge in [-0.3, -0.25) is 0 Å². The average Bonchev–Trinajstić information content (AvgIpc) is 3.05. The van der Waals surface area contributed by atoms with Gasteiger partial charge in [-0.2, -0.15) is 0 Å². The number of halogens is 1. The van der Waals surface area contributed by atoms with Crippen LogP contribution >= 0.6 is 34.3 Å². The molecule has 0 amide bonds. The van der Waals surface area contributed by atoms with E-state index >= 15 is 0 Å². The number of thiophene rings is 2. The molecule has 3 rings (SSSR count). The quantitative estimate of drug-likeness (QED) is 0.674. The molecule has 2 aromatic heterocycles. The van der Waals surface area contributed by atoms with Gasteiger partial charge in [0.2, 0.25) is 0 Å². The van der Waals surface area contributed by atoms with E-state index in [1.165, 1.54) is 14.5 Å². The van der Waals surface area contributed by atoms with Crippen molar-refractivity contribution < 1.29 is 0 Å². The van der Waals surface area contributed by atoms with E-state index in [1.807, 2.05) is 6.07 Å². The maximum Gasteiger partial charge on any atom is 0.0636 e. The second-order valence-corrected chi connectivity index (χ2v) is 6.95. The molecule has 0 spiro atoms. The number of benzene rings is 1. The Morgan fingerprint density at radius 1 is 1.21 bits per heavy atom. The highest BCUT2D eigenvalue weighted by Gasteiger charge is 2.11. The Kier molecular flexibility index (Phi) is 3.89. The highest BCUT2D eigenvalue weighted by molar-refractivity contribution is 7.19. The minimum atomic E-state index is 0.362. The third-order valence-electron chi connectivity index (χ3n) is 3.14. The summed E-state index contributed by atoms with van der Waals surface area (Å²) >= 11 is 9.99. The number of fused-ring (bicyclic) bond motifs is 1. The minimum Gasteiger partial charge on any atom is -0.304 e.